The van der Waals surface area contributed by atoms with Crippen LogP contribution in [0.5, 0.6) is 11.5 Å². The Morgan fingerprint density at radius 2 is 1.71 bits per heavy atom. The van der Waals surface area contributed by atoms with Crippen molar-refractivity contribution in [3.63, 3.8) is 0 Å². The van der Waals surface area contributed by atoms with Crippen LogP contribution in [-0.2, 0) is 0 Å². The van der Waals surface area contributed by atoms with E-state index in [0.717, 1.165) is 11.3 Å². The van der Waals surface area contributed by atoms with Crippen molar-refractivity contribution in [1.29, 1.82) is 0 Å². The van der Waals surface area contributed by atoms with Gasteiger partial charge in [-0.1, -0.05) is 11.6 Å². The van der Waals surface area contributed by atoms with Crippen LogP contribution in [0, 0.1) is 6.92 Å². The summed E-state index contributed by atoms with van der Waals surface area (Å²) >= 11 is 5.96. The fourth-order valence-electron chi connectivity index (χ4n) is 2.49. The first-order valence-corrected chi connectivity index (χ1v) is 8.76. The zero-order chi connectivity index (χ0) is 20.1. The number of amides is 1. The van der Waals surface area contributed by atoms with Gasteiger partial charge in [0.25, 0.3) is 5.91 Å². The Kier molecular flexibility index (Phi) is 5.96. The highest BCUT2D eigenvalue weighted by atomic mass is 35.5. The van der Waals surface area contributed by atoms with Crippen LogP contribution in [0.1, 0.15) is 15.9 Å². The molecule has 0 unspecified atom stereocenters. The van der Waals surface area contributed by atoms with Crippen LogP contribution in [0.25, 0.3) is 0 Å². The molecule has 0 atom stereocenters. The molecular weight excluding hydrogens is 380 g/mol. The number of benzene rings is 2. The van der Waals surface area contributed by atoms with E-state index < -0.39 is 0 Å². The number of carbonyl (C=O) groups excluding carboxylic acids is 1. The number of rotatable bonds is 6. The topological polar surface area (TPSA) is 85.4 Å². The highest BCUT2D eigenvalue weighted by Crippen LogP contribution is 2.29. The van der Waals surface area contributed by atoms with Crippen LogP contribution in [0.4, 0.5) is 17.3 Å². The standard InChI is InChI=1S/C20H19ClN4O3/c1-12-8-14(21)4-6-16(12)25-20-22-10-13(11-23-20)19(26)24-17-7-5-15(27-2)9-18(17)28-3/h4-11H,1-3H3,(H,24,26)(H,22,23,25). The zero-order valence-corrected chi connectivity index (χ0v) is 16.4. The number of nitrogens with zero attached hydrogens (tertiary/aromatic N) is 2. The molecule has 1 amide bonds. The monoisotopic (exact) mass is 398 g/mol. The Hall–Kier alpha value is -3.32. The van der Waals surface area contributed by atoms with Gasteiger partial charge in [-0.05, 0) is 42.8 Å². The third-order valence-electron chi connectivity index (χ3n) is 4.01. The van der Waals surface area contributed by atoms with Gasteiger partial charge < -0.3 is 20.1 Å². The van der Waals surface area contributed by atoms with Gasteiger partial charge in [0, 0.05) is 29.2 Å². The minimum atomic E-state index is -0.349. The minimum absolute atomic E-state index is 0.316. The SMILES string of the molecule is COc1ccc(NC(=O)c2cnc(Nc3ccc(Cl)cc3C)nc2)c(OC)c1. The summed E-state index contributed by atoms with van der Waals surface area (Å²) in [5.41, 5.74) is 2.64. The van der Waals surface area contributed by atoms with Crippen molar-refractivity contribution < 1.29 is 14.3 Å². The summed E-state index contributed by atoms with van der Waals surface area (Å²) in [6.07, 6.45) is 2.90. The first-order valence-electron chi connectivity index (χ1n) is 8.38. The highest BCUT2D eigenvalue weighted by molar-refractivity contribution is 6.30. The van der Waals surface area contributed by atoms with Gasteiger partial charge in [-0.3, -0.25) is 4.79 Å². The maximum atomic E-state index is 12.5. The number of anilines is 3. The van der Waals surface area contributed by atoms with E-state index in [1.807, 2.05) is 19.1 Å². The summed E-state index contributed by atoms with van der Waals surface area (Å²) in [5, 5.41) is 6.54. The lowest BCUT2D eigenvalue weighted by atomic mass is 10.2. The van der Waals surface area contributed by atoms with Gasteiger partial charge in [0.1, 0.15) is 11.5 Å². The molecular formula is C20H19ClN4O3. The first kappa shape index (κ1) is 19.4. The smallest absolute Gasteiger partial charge is 0.258 e. The van der Waals surface area contributed by atoms with Crippen LogP contribution in [-0.4, -0.2) is 30.1 Å². The quantitative estimate of drug-likeness (QED) is 0.638. The van der Waals surface area contributed by atoms with Gasteiger partial charge in [-0.2, -0.15) is 0 Å². The van der Waals surface area contributed by atoms with Crippen LogP contribution >= 0.6 is 11.6 Å². The van der Waals surface area contributed by atoms with Crippen molar-refractivity contribution in [3.8, 4) is 11.5 Å². The van der Waals surface area contributed by atoms with Crippen molar-refractivity contribution in [3.05, 3.63) is 64.9 Å². The highest BCUT2D eigenvalue weighted by Gasteiger charge is 2.12. The van der Waals surface area contributed by atoms with E-state index >= 15 is 0 Å². The lowest BCUT2D eigenvalue weighted by Gasteiger charge is -2.12. The third-order valence-corrected chi connectivity index (χ3v) is 4.24. The molecule has 3 rings (SSSR count). The first-order chi connectivity index (χ1) is 13.5. The van der Waals surface area contributed by atoms with Gasteiger partial charge in [-0.15, -0.1) is 0 Å². The molecule has 0 aliphatic rings. The predicted octanol–water partition coefficient (Wildman–Crippen LogP) is 4.45. The third kappa shape index (κ3) is 4.50. The number of ether oxygens (including phenoxy) is 2. The minimum Gasteiger partial charge on any atom is -0.497 e. The molecule has 28 heavy (non-hydrogen) atoms. The summed E-state index contributed by atoms with van der Waals surface area (Å²) in [7, 11) is 3.08. The van der Waals surface area contributed by atoms with E-state index in [9.17, 15) is 4.79 Å². The fraction of sp³-hybridized carbons (Fsp3) is 0.150. The Morgan fingerprint density at radius 3 is 2.36 bits per heavy atom. The van der Waals surface area contributed by atoms with Gasteiger partial charge in [-0.25, -0.2) is 9.97 Å². The lowest BCUT2D eigenvalue weighted by Crippen LogP contribution is -2.14. The summed E-state index contributed by atoms with van der Waals surface area (Å²) in [6, 6.07) is 10.6. The van der Waals surface area contributed by atoms with Crippen molar-refractivity contribution >= 4 is 34.8 Å². The number of nitrogens with one attached hydrogen (secondary N) is 2. The molecule has 1 aromatic heterocycles. The van der Waals surface area contributed by atoms with Crippen LogP contribution in [0.15, 0.2) is 48.8 Å². The van der Waals surface area contributed by atoms with E-state index in [0.29, 0.717) is 33.7 Å². The Balaban J connectivity index is 1.72. The molecule has 0 spiro atoms. The molecule has 1 heterocycles. The summed E-state index contributed by atoms with van der Waals surface area (Å²) < 4.78 is 10.4. The number of aromatic nitrogens is 2. The Morgan fingerprint density at radius 1 is 1.00 bits per heavy atom. The predicted molar refractivity (Wildman–Crippen MR) is 109 cm³/mol. The van der Waals surface area contributed by atoms with E-state index in [1.165, 1.54) is 19.5 Å². The average molecular weight is 399 g/mol. The lowest BCUT2D eigenvalue weighted by molar-refractivity contribution is 0.102. The molecule has 0 radical (unpaired) electrons. The molecule has 8 heteroatoms. The van der Waals surface area contributed by atoms with Crippen LogP contribution in [0.2, 0.25) is 5.02 Å². The van der Waals surface area contributed by atoms with E-state index in [2.05, 4.69) is 20.6 Å². The summed E-state index contributed by atoms with van der Waals surface area (Å²) in [4.78, 5) is 20.9. The molecule has 0 aliphatic heterocycles. The maximum absolute atomic E-state index is 12.5. The van der Waals surface area contributed by atoms with Crippen molar-refractivity contribution in [1.82, 2.24) is 9.97 Å². The Bertz CT molecular complexity index is 993. The second kappa shape index (κ2) is 8.58. The van der Waals surface area contributed by atoms with Crippen molar-refractivity contribution in [2.24, 2.45) is 0 Å². The zero-order valence-electron chi connectivity index (χ0n) is 15.6. The molecule has 0 saturated heterocycles. The normalized spacial score (nSPS) is 10.3. The molecule has 0 aliphatic carbocycles. The molecule has 2 N–H and O–H groups in total. The second-order valence-corrected chi connectivity index (χ2v) is 6.34. The van der Waals surface area contributed by atoms with E-state index in [4.69, 9.17) is 21.1 Å². The number of halogens is 1. The molecule has 0 saturated carbocycles. The molecule has 0 fully saturated rings. The molecule has 7 nitrogen and oxygen atoms in total. The number of hydrogen-bond acceptors (Lipinski definition) is 6. The number of hydrogen-bond donors (Lipinski definition) is 2. The molecule has 3 aromatic rings. The van der Waals surface area contributed by atoms with Crippen LogP contribution in [0.3, 0.4) is 0 Å². The van der Waals surface area contributed by atoms with Gasteiger partial charge >= 0.3 is 0 Å². The molecule has 0 bridgehead atoms. The van der Waals surface area contributed by atoms with Crippen molar-refractivity contribution in [2.45, 2.75) is 6.92 Å². The molecule has 144 valence electrons. The van der Waals surface area contributed by atoms with Gasteiger partial charge in [0.2, 0.25) is 5.95 Å². The maximum Gasteiger partial charge on any atom is 0.258 e. The van der Waals surface area contributed by atoms with E-state index in [1.54, 1.807) is 31.4 Å². The largest absolute Gasteiger partial charge is 0.497 e. The van der Waals surface area contributed by atoms with E-state index in [-0.39, 0.29) is 5.91 Å². The van der Waals surface area contributed by atoms with Crippen LogP contribution < -0.4 is 20.1 Å². The molecule has 2 aromatic carbocycles. The number of aryl methyl sites for hydroxylation is 1. The summed E-state index contributed by atoms with van der Waals surface area (Å²) in [5.74, 6) is 1.15. The Labute approximate surface area is 167 Å². The van der Waals surface area contributed by atoms with Gasteiger partial charge in [0.15, 0.2) is 0 Å². The number of carbonyl (C=O) groups is 1. The van der Waals surface area contributed by atoms with Crippen molar-refractivity contribution in [2.75, 3.05) is 24.9 Å². The number of methoxy groups -OCH3 is 2. The summed E-state index contributed by atoms with van der Waals surface area (Å²) in [6.45, 7) is 1.93. The fourth-order valence-corrected chi connectivity index (χ4v) is 2.72. The van der Waals surface area contributed by atoms with Gasteiger partial charge in [0.05, 0.1) is 25.5 Å². The average Bonchev–Trinajstić information content (AvgIpc) is 2.71. The second-order valence-electron chi connectivity index (χ2n) is 5.90.